The summed E-state index contributed by atoms with van der Waals surface area (Å²) in [6.45, 7) is 4.05. The largest absolute Gasteiger partial charge is 0.457 e. The molecular formula is C17H21NO2. The van der Waals surface area contributed by atoms with Gasteiger partial charge in [0.15, 0.2) is 0 Å². The van der Waals surface area contributed by atoms with E-state index in [9.17, 15) is 0 Å². The number of nitrogens with one attached hydrogen (secondary N) is 1. The molecule has 20 heavy (non-hydrogen) atoms. The third-order valence-electron chi connectivity index (χ3n) is 2.97. The Bertz CT molecular complexity index is 540. The minimum Gasteiger partial charge on any atom is -0.457 e. The first-order chi connectivity index (χ1) is 9.81. The molecule has 0 unspecified atom stereocenters. The van der Waals surface area contributed by atoms with Crippen molar-refractivity contribution in [2.24, 2.45) is 0 Å². The number of ether oxygens (including phenoxy) is 1. The Labute approximate surface area is 120 Å². The van der Waals surface area contributed by atoms with Crippen molar-refractivity contribution >= 4 is 0 Å². The summed E-state index contributed by atoms with van der Waals surface area (Å²) in [6, 6.07) is 15.5. The van der Waals surface area contributed by atoms with Gasteiger partial charge in [0.1, 0.15) is 11.5 Å². The van der Waals surface area contributed by atoms with Crippen LogP contribution < -0.4 is 10.1 Å². The molecule has 3 nitrogen and oxygen atoms in total. The first kappa shape index (κ1) is 14.6. The van der Waals surface area contributed by atoms with Gasteiger partial charge in [0.2, 0.25) is 0 Å². The fraction of sp³-hybridized carbons (Fsp3) is 0.294. The summed E-state index contributed by atoms with van der Waals surface area (Å²) >= 11 is 0. The van der Waals surface area contributed by atoms with Gasteiger partial charge in [-0.1, -0.05) is 31.2 Å². The minimum atomic E-state index is 0.0260. The van der Waals surface area contributed by atoms with E-state index in [1.54, 1.807) is 0 Å². The highest BCUT2D eigenvalue weighted by Gasteiger charge is 2.00. The lowest BCUT2D eigenvalue weighted by Crippen LogP contribution is -2.13. The van der Waals surface area contributed by atoms with E-state index >= 15 is 0 Å². The molecule has 2 rings (SSSR count). The molecule has 106 valence electrons. The van der Waals surface area contributed by atoms with Gasteiger partial charge < -0.3 is 15.2 Å². The Morgan fingerprint density at radius 2 is 1.65 bits per heavy atom. The molecule has 0 aromatic heterocycles. The normalized spacial score (nSPS) is 10.5. The van der Waals surface area contributed by atoms with Gasteiger partial charge >= 0.3 is 0 Å². The smallest absolute Gasteiger partial charge is 0.127 e. The molecule has 0 aliphatic heterocycles. The molecule has 2 aromatic rings. The number of hydrogen-bond donors (Lipinski definition) is 2. The maximum absolute atomic E-state index is 9.13. The molecule has 0 saturated carbocycles. The number of aliphatic hydroxyl groups excluding tert-OH is 1. The maximum Gasteiger partial charge on any atom is 0.127 e. The molecular weight excluding hydrogens is 250 g/mol. The van der Waals surface area contributed by atoms with Gasteiger partial charge in [0.25, 0.3) is 0 Å². The molecule has 3 heteroatoms. The van der Waals surface area contributed by atoms with Crippen molar-refractivity contribution in [3.05, 3.63) is 59.7 Å². The highest BCUT2D eigenvalue weighted by atomic mass is 16.5. The zero-order valence-electron chi connectivity index (χ0n) is 11.8. The molecule has 2 N–H and O–H groups in total. The van der Waals surface area contributed by atoms with Crippen LogP contribution in [0.4, 0.5) is 0 Å². The first-order valence-corrected chi connectivity index (χ1v) is 6.99. The van der Waals surface area contributed by atoms with Gasteiger partial charge in [0.05, 0.1) is 6.61 Å². The lowest BCUT2D eigenvalue weighted by Gasteiger charge is -2.09. The minimum absolute atomic E-state index is 0.0260. The number of aliphatic hydroxyl groups is 1. The van der Waals surface area contributed by atoms with Crippen molar-refractivity contribution < 1.29 is 9.84 Å². The van der Waals surface area contributed by atoms with Gasteiger partial charge in [-0.05, 0) is 48.4 Å². The summed E-state index contributed by atoms with van der Waals surface area (Å²) in [4.78, 5) is 0. The van der Waals surface area contributed by atoms with Crippen LogP contribution in [-0.2, 0) is 13.2 Å². The van der Waals surface area contributed by atoms with Gasteiger partial charge in [-0.3, -0.25) is 0 Å². The van der Waals surface area contributed by atoms with E-state index in [4.69, 9.17) is 9.84 Å². The van der Waals surface area contributed by atoms with Crippen molar-refractivity contribution in [3.63, 3.8) is 0 Å². The molecule has 0 heterocycles. The average molecular weight is 271 g/mol. The highest BCUT2D eigenvalue weighted by molar-refractivity contribution is 5.35. The highest BCUT2D eigenvalue weighted by Crippen LogP contribution is 2.23. The number of rotatable bonds is 7. The summed E-state index contributed by atoms with van der Waals surface area (Å²) in [6.07, 6.45) is 1.13. The van der Waals surface area contributed by atoms with E-state index in [0.29, 0.717) is 0 Å². The van der Waals surface area contributed by atoms with Gasteiger partial charge in [-0.2, -0.15) is 0 Å². The summed E-state index contributed by atoms with van der Waals surface area (Å²) < 4.78 is 5.83. The van der Waals surface area contributed by atoms with E-state index in [1.807, 2.05) is 42.5 Å². The van der Waals surface area contributed by atoms with E-state index in [-0.39, 0.29) is 6.61 Å². The van der Waals surface area contributed by atoms with Crippen molar-refractivity contribution in [2.75, 3.05) is 6.54 Å². The van der Waals surface area contributed by atoms with Gasteiger partial charge in [0, 0.05) is 6.54 Å². The Morgan fingerprint density at radius 1 is 1.00 bits per heavy atom. The molecule has 0 spiro atoms. The number of hydrogen-bond acceptors (Lipinski definition) is 3. The van der Waals surface area contributed by atoms with E-state index < -0.39 is 0 Å². The fourth-order valence-corrected chi connectivity index (χ4v) is 1.97. The quantitative estimate of drug-likeness (QED) is 0.758. The predicted octanol–water partition coefficient (Wildman–Crippen LogP) is 3.47. The second-order valence-electron chi connectivity index (χ2n) is 4.73. The van der Waals surface area contributed by atoms with Crippen LogP contribution in [0.25, 0.3) is 0 Å². The van der Waals surface area contributed by atoms with Crippen LogP contribution in [-0.4, -0.2) is 11.7 Å². The van der Waals surface area contributed by atoms with E-state index in [0.717, 1.165) is 36.6 Å². The molecule has 0 saturated heterocycles. The van der Waals surface area contributed by atoms with Crippen LogP contribution in [0, 0.1) is 0 Å². The van der Waals surface area contributed by atoms with Crippen molar-refractivity contribution in [2.45, 2.75) is 26.5 Å². The summed E-state index contributed by atoms with van der Waals surface area (Å²) in [5.41, 5.74) is 2.05. The van der Waals surface area contributed by atoms with Crippen LogP contribution in [0.2, 0.25) is 0 Å². The maximum atomic E-state index is 9.13. The zero-order valence-corrected chi connectivity index (χ0v) is 11.8. The third kappa shape index (κ3) is 4.37. The fourth-order valence-electron chi connectivity index (χ4n) is 1.97. The lowest BCUT2D eigenvalue weighted by atomic mass is 10.2. The SMILES string of the molecule is CCCNCc1cccc(Oc2cccc(CO)c2)c1. The van der Waals surface area contributed by atoms with Crippen LogP contribution in [0.5, 0.6) is 11.5 Å². The monoisotopic (exact) mass is 271 g/mol. The molecule has 0 aliphatic rings. The van der Waals surface area contributed by atoms with Crippen molar-refractivity contribution in [1.29, 1.82) is 0 Å². The molecule has 0 amide bonds. The number of benzene rings is 2. The Hall–Kier alpha value is -1.84. The van der Waals surface area contributed by atoms with Gasteiger partial charge in [-0.15, -0.1) is 0 Å². The summed E-state index contributed by atoms with van der Waals surface area (Å²) in [5, 5.41) is 12.5. The molecule has 0 bridgehead atoms. The summed E-state index contributed by atoms with van der Waals surface area (Å²) in [5.74, 6) is 1.56. The van der Waals surface area contributed by atoms with Crippen LogP contribution in [0.3, 0.4) is 0 Å². The summed E-state index contributed by atoms with van der Waals surface area (Å²) in [7, 11) is 0. The van der Waals surface area contributed by atoms with Crippen LogP contribution in [0.15, 0.2) is 48.5 Å². The molecule has 2 aromatic carbocycles. The van der Waals surface area contributed by atoms with E-state index in [1.165, 1.54) is 5.56 Å². The third-order valence-corrected chi connectivity index (χ3v) is 2.97. The first-order valence-electron chi connectivity index (χ1n) is 6.99. The molecule has 0 fully saturated rings. The zero-order chi connectivity index (χ0) is 14.2. The molecule has 0 radical (unpaired) electrons. The lowest BCUT2D eigenvalue weighted by molar-refractivity contribution is 0.281. The average Bonchev–Trinajstić information content (AvgIpc) is 2.48. The van der Waals surface area contributed by atoms with Gasteiger partial charge in [-0.25, -0.2) is 0 Å². The Kier molecular flexibility index (Phi) is 5.59. The standard InChI is InChI=1S/C17H21NO2/c1-2-9-18-12-14-5-3-7-16(10-14)20-17-8-4-6-15(11-17)13-19/h3-8,10-11,18-19H,2,9,12-13H2,1H3. The van der Waals surface area contributed by atoms with Crippen molar-refractivity contribution in [1.82, 2.24) is 5.32 Å². The second-order valence-corrected chi connectivity index (χ2v) is 4.73. The van der Waals surface area contributed by atoms with Crippen molar-refractivity contribution in [3.8, 4) is 11.5 Å². The van der Waals surface area contributed by atoms with E-state index in [2.05, 4.69) is 18.3 Å². The molecule has 0 atom stereocenters. The second kappa shape index (κ2) is 7.68. The van der Waals surface area contributed by atoms with Crippen LogP contribution in [0.1, 0.15) is 24.5 Å². The van der Waals surface area contributed by atoms with Crippen LogP contribution >= 0.6 is 0 Å². The Morgan fingerprint density at radius 3 is 2.30 bits per heavy atom. The predicted molar refractivity (Wildman–Crippen MR) is 80.9 cm³/mol. The molecule has 0 aliphatic carbocycles. The Balaban J connectivity index is 2.03. The topological polar surface area (TPSA) is 41.5 Å².